The van der Waals surface area contributed by atoms with E-state index in [9.17, 15) is 9.18 Å². The lowest BCUT2D eigenvalue weighted by atomic mass is 10.1. The van der Waals surface area contributed by atoms with Crippen LogP contribution in [0.5, 0.6) is 0 Å². The lowest BCUT2D eigenvalue weighted by Crippen LogP contribution is -2.32. The molecule has 1 aromatic carbocycles. The van der Waals surface area contributed by atoms with Gasteiger partial charge in [-0.1, -0.05) is 25.5 Å². The largest absolute Gasteiger partial charge is 0.467 e. The van der Waals surface area contributed by atoms with Gasteiger partial charge in [-0.15, -0.1) is 0 Å². The normalized spacial score (nSPS) is 10.5. The number of carbonyl (C=O) groups is 1. The van der Waals surface area contributed by atoms with E-state index in [1.165, 1.54) is 12.1 Å². The van der Waals surface area contributed by atoms with Crippen molar-refractivity contribution in [2.45, 2.75) is 26.3 Å². The maximum absolute atomic E-state index is 13.7. The van der Waals surface area contributed by atoms with E-state index in [0.717, 1.165) is 12.8 Å². The Bertz CT molecular complexity index is 551. The molecule has 106 valence electrons. The quantitative estimate of drug-likeness (QED) is 0.802. The second-order valence-corrected chi connectivity index (χ2v) is 4.64. The highest BCUT2D eigenvalue weighted by atomic mass is 19.1. The number of benzene rings is 1. The molecule has 3 nitrogen and oxygen atoms in total. The monoisotopic (exact) mass is 275 g/mol. The fraction of sp³-hybridized carbons (Fsp3) is 0.312. The van der Waals surface area contributed by atoms with Crippen molar-refractivity contribution in [1.82, 2.24) is 4.90 Å². The summed E-state index contributed by atoms with van der Waals surface area (Å²) in [5, 5.41) is 0. The molecule has 1 heterocycles. The standard InChI is InChI=1S/C16H18FNO2/c1-2-3-10-18(12-13-7-6-11-20-13)16(19)14-8-4-5-9-15(14)17/h4-9,11H,2-3,10,12H2,1H3. The number of carbonyl (C=O) groups excluding carboxylic acids is 1. The van der Waals surface area contributed by atoms with Gasteiger partial charge < -0.3 is 9.32 Å². The number of rotatable bonds is 6. The molecule has 0 aliphatic rings. The van der Waals surface area contributed by atoms with Gasteiger partial charge in [-0.2, -0.15) is 0 Å². The lowest BCUT2D eigenvalue weighted by molar-refractivity contribution is 0.0724. The Morgan fingerprint density at radius 1 is 1.25 bits per heavy atom. The highest BCUT2D eigenvalue weighted by Gasteiger charge is 2.19. The molecule has 4 heteroatoms. The van der Waals surface area contributed by atoms with Gasteiger partial charge in [0.05, 0.1) is 18.4 Å². The van der Waals surface area contributed by atoms with Gasteiger partial charge in [0.25, 0.3) is 5.91 Å². The summed E-state index contributed by atoms with van der Waals surface area (Å²) in [5.41, 5.74) is 0.107. The molecule has 0 aliphatic heterocycles. The number of halogens is 1. The molecule has 0 bridgehead atoms. The van der Waals surface area contributed by atoms with Gasteiger partial charge in [0, 0.05) is 6.54 Å². The van der Waals surface area contributed by atoms with E-state index in [2.05, 4.69) is 6.92 Å². The molecule has 0 saturated carbocycles. The average molecular weight is 275 g/mol. The third-order valence-electron chi connectivity index (χ3n) is 3.10. The van der Waals surface area contributed by atoms with E-state index in [-0.39, 0.29) is 11.5 Å². The number of amides is 1. The summed E-state index contributed by atoms with van der Waals surface area (Å²) in [7, 11) is 0. The molecule has 1 amide bonds. The van der Waals surface area contributed by atoms with Crippen LogP contribution in [-0.4, -0.2) is 17.4 Å². The first kappa shape index (κ1) is 14.3. The van der Waals surface area contributed by atoms with Crippen molar-refractivity contribution in [3.63, 3.8) is 0 Å². The second-order valence-electron chi connectivity index (χ2n) is 4.64. The number of furan rings is 1. The highest BCUT2D eigenvalue weighted by molar-refractivity contribution is 5.94. The van der Waals surface area contributed by atoms with Crippen LogP contribution < -0.4 is 0 Å². The van der Waals surface area contributed by atoms with E-state index < -0.39 is 5.82 Å². The summed E-state index contributed by atoms with van der Waals surface area (Å²) < 4.78 is 19.0. The maximum Gasteiger partial charge on any atom is 0.257 e. The Labute approximate surface area is 118 Å². The van der Waals surface area contributed by atoms with Crippen LogP contribution >= 0.6 is 0 Å². The molecule has 0 unspecified atom stereocenters. The van der Waals surface area contributed by atoms with Gasteiger partial charge in [-0.25, -0.2) is 4.39 Å². The van der Waals surface area contributed by atoms with E-state index in [4.69, 9.17) is 4.42 Å². The zero-order chi connectivity index (χ0) is 14.4. The summed E-state index contributed by atoms with van der Waals surface area (Å²) >= 11 is 0. The maximum atomic E-state index is 13.7. The molecule has 1 aromatic heterocycles. The predicted molar refractivity (Wildman–Crippen MR) is 74.8 cm³/mol. The van der Waals surface area contributed by atoms with Crippen molar-refractivity contribution in [2.24, 2.45) is 0 Å². The van der Waals surface area contributed by atoms with Crippen LogP contribution in [0.25, 0.3) is 0 Å². The van der Waals surface area contributed by atoms with Crippen molar-refractivity contribution < 1.29 is 13.6 Å². The van der Waals surface area contributed by atoms with Crippen LogP contribution in [0.4, 0.5) is 4.39 Å². The summed E-state index contributed by atoms with van der Waals surface area (Å²) in [5.74, 6) is -0.0859. The molecule has 0 N–H and O–H groups in total. The Balaban J connectivity index is 2.17. The topological polar surface area (TPSA) is 33.5 Å². The predicted octanol–water partition coefficient (Wildman–Crippen LogP) is 3.86. The molecule has 0 spiro atoms. The number of hydrogen-bond donors (Lipinski definition) is 0. The molecule has 2 rings (SSSR count). The lowest BCUT2D eigenvalue weighted by Gasteiger charge is -2.21. The van der Waals surface area contributed by atoms with Crippen LogP contribution in [0.15, 0.2) is 47.1 Å². The minimum atomic E-state index is -0.488. The molecular formula is C16H18FNO2. The van der Waals surface area contributed by atoms with Gasteiger partial charge in [0.2, 0.25) is 0 Å². The average Bonchev–Trinajstić information content (AvgIpc) is 2.96. The molecule has 0 fully saturated rings. The van der Waals surface area contributed by atoms with Crippen LogP contribution in [-0.2, 0) is 6.54 Å². The summed E-state index contributed by atoms with van der Waals surface area (Å²) in [4.78, 5) is 14.1. The van der Waals surface area contributed by atoms with Crippen LogP contribution in [0.1, 0.15) is 35.9 Å². The smallest absolute Gasteiger partial charge is 0.257 e. The number of hydrogen-bond acceptors (Lipinski definition) is 2. The molecule has 0 aliphatic carbocycles. The van der Waals surface area contributed by atoms with E-state index in [1.54, 1.807) is 29.4 Å². The fourth-order valence-corrected chi connectivity index (χ4v) is 2.00. The van der Waals surface area contributed by atoms with Crippen LogP contribution in [0.3, 0.4) is 0 Å². The van der Waals surface area contributed by atoms with E-state index in [1.807, 2.05) is 6.07 Å². The Morgan fingerprint density at radius 2 is 2.05 bits per heavy atom. The fourth-order valence-electron chi connectivity index (χ4n) is 2.00. The Morgan fingerprint density at radius 3 is 2.70 bits per heavy atom. The third-order valence-corrected chi connectivity index (χ3v) is 3.10. The SMILES string of the molecule is CCCCN(Cc1ccco1)C(=O)c1ccccc1F. The van der Waals surface area contributed by atoms with Crippen molar-refractivity contribution >= 4 is 5.91 Å². The molecule has 2 aromatic rings. The first-order valence-electron chi connectivity index (χ1n) is 6.78. The second kappa shape index (κ2) is 6.89. The Kier molecular flexibility index (Phi) is 4.93. The van der Waals surface area contributed by atoms with Crippen LogP contribution in [0, 0.1) is 5.82 Å². The summed E-state index contributed by atoms with van der Waals surface area (Å²) in [6.45, 7) is 3.00. The van der Waals surface area contributed by atoms with Gasteiger partial charge in [-0.05, 0) is 30.7 Å². The molecule has 0 saturated heterocycles. The zero-order valence-corrected chi connectivity index (χ0v) is 11.5. The van der Waals surface area contributed by atoms with Crippen molar-refractivity contribution in [3.8, 4) is 0 Å². The van der Waals surface area contributed by atoms with Crippen molar-refractivity contribution in [2.75, 3.05) is 6.54 Å². The van der Waals surface area contributed by atoms with Crippen LogP contribution in [0.2, 0.25) is 0 Å². The number of unbranched alkanes of at least 4 members (excludes halogenated alkanes) is 1. The van der Waals surface area contributed by atoms with Gasteiger partial charge in [0.1, 0.15) is 11.6 Å². The van der Waals surface area contributed by atoms with Gasteiger partial charge in [0.15, 0.2) is 0 Å². The minimum Gasteiger partial charge on any atom is -0.467 e. The highest BCUT2D eigenvalue weighted by Crippen LogP contribution is 2.14. The van der Waals surface area contributed by atoms with E-state index in [0.29, 0.717) is 18.8 Å². The molecule has 20 heavy (non-hydrogen) atoms. The molecular weight excluding hydrogens is 257 g/mol. The summed E-state index contributed by atoms with van der Waals surface area (Å²) in [6, 6.07) is 9.65. The first-order valence-corrected chi connectivity index (χ1v) is 6.78. The van der Waals surface area contributed by atoms with Crippen molar-refractivity contribution in [1.29, 1.82) is 0 Å². The summed E-state index contributed by atoms with van der Waals surface area (Å²) in [6.07, 6.45) is 3.42. The minimum absolute atomic E-state index is 0.107. The number of nitrogens with zero attached hydrogens (tertiary/aromatic N) is 1. The molecule has 0 atom stereocenters. The van der Waals surface area contributed by atoms with E-state index >= 15 is 0 Å². The third kappa shape index (κ3) is 3.47. The van der Waals surface area contributed by atoms with Gasteiger partial charge >= 0.3 is 0 Å². The van der Waals surface area contributed by atoms with Crippen molar-refractivity contribution in [3.05, 3.63) is 59.8 Å². The zero-order valence-electron chi connectivity index (χ0n) is 11.5. The van der Waals surface area contributed by atoms with Gasteiger partial charge in [-0.3, -0.25) is 4.79 Å². The Hall–Kier alpha value is -2.10. The first-order chi connectivity index (χ1) is 9.72. The molecule has 0 radical (unpaired) electrons.